The van der Waals surface area contributed by atoms with Crippen LogP contribution in [0.25, 0.3) is 0 Å². The lowest BCUT2D eigenvalue weighted by atomic mass is 10.0. The molecule has 124 valence electrons. The Labute approximate surface area is 125 Å². The largest absolute Gasteiger partial charge is 0.417 e. The van der Waals surface area contributed by atoms with Crippen molar-refractivity contribution >= 4 is 11.9 Å². The van der Waals surface area contributed by atoms with Crippen molar-refractivity contribution in [2.75, 3.05) is 5.32 Å². The van der Waals surface area contributed by atoms with Gasteiger partial charge in [0.05, 0.1) is 16.7 Å². The first kappa shape index (κ1) is 16.8. The summed E-state index contributed by atoms with van der Waals surface area (Å²) >= 11 is 0. The maximum absolute atomic E-state index is 13.0. The van der Waals surface area contributed by atoms with E-state index in [2.05, 4.69) is 10.3 Å². The lowest BCUT2D eigenvalue weighted by molar-refractivity contribution is -0.143. The number of halogens is 6. The lowest BCUT2D eigenvalue weighted by Crippen LogP contribution is -2.21. The molecule has 1 amide bonds. The standard InChI is InChI=1S/C13H9F6N3O/c1-22-5-4-20-11(22)21-10(23)8-3-2-7(12(14,15)16)6-9(8)13(17,18)19/h2-6H,1H3,(H,20,21,23). The first-order valence-corrected chi connectivity index (χ1v) is 6.07. The molecule has 0 aliphatic rings. The van der Waals surface area contributed by atoms with Crippen LogP contribution in [0.1, 0.15) is 21.5 Å². The number of hydrogen-bond acceptors (Lipinski definition) is 2. The molecule has 10 heteroatoms. The van der Waals surface area contributed by atoms with Gasteiger partial charge >= 0.3 is 12.4 Å². The van der Waals surface area contributed by atoms with Crippen molar-refractivity contribution in [2.45, 2.75) is 12.4 Å². The summed E-state index contributed by atoms with van der Waals surface area (Å²) in [5.41, 5.74) is -4.08. The van der Waals surface area contributed by atoms with Crippen LogP contribution in [0, 0.1) is 0 Å². The lowest BCUT2D eigenvalue weighted by Gasteiger charge is -2.15. The van der Waals surface area contributed by atoms with E-state index >= 15 is 0 Å². The fourth-order valence-electron chi connectivity index (χ4n) is 1.81. The number of carbonyl (C=O) groups excluding carboxylic acids is 1. The van der Waals surface area contributed by atoms with Crippen LogP contribution in [0.3, 0.4) is 0 Å². The van der Waals surface area contributed by atoms with E-state index in [1.165, 1.54) is 24.0 Å². The highest BCUT2D eigenvalue weighted by Gasteiger charge is 2.39. The van der Waals surface area contributed by atoms with E-state index in [0.717, 1.165) is 0 Å². The van der Waals surface area contributed by atoms with Gasteiger partial charge in [-0.3, -0.25) is 10.1 Å². The van der Waals surface area contributed by atoms with E-state index in [1.807, 2.05) is 0 Å². The van der Waals surface area contributed by atoms with Gasteiger partial charge in [-0.2, -0.15) is 26.3 Å². The summed E-state index contributed by atoms with van der Waals surface area (Å²) in [7, 11) is 1.49. The highest BCUT2D eigenvalue weighted by molar-refractivity contribution is 6.04. The second-order valence-electron chi connectivity index (χ2n) is 4.57. The molecule has 23 heavy (non-hydrogen) atoms. The average molecular weight is 337 g/mol. The normalized spacial score (nSPS) is 12.3. The zero-order valence-corrected chi connectivity index (χ0v) is 11.5. The second kappa shape index (κ2) is 5.60. The highest BCUT2D eigenvalue weighted by atomic mass is 19.4. The van der Waals surface area contributed by atoms with Crippen LogP contribution in [0.5, 0.6) is 0 Å². The molecule has 0 spiro atoms. The van der Waals surface area contributed by atoms with Gasteiger partial charge in [-0.15, -0.1) is 0 Å². The summed E-state index contributed by atoms with van der Waals surface area (Å²) in [5.74, 6) is -1.25. The zero-order chi connectivity index (χ0) is 17.4. The van der Waals surface area contributed by atoms with E-state index in [4.69, 9.17) is 0 Å². The quantitative estimate of drug-likeness (QED) is 0.849. The van der Waals surface area contributed by atoms with Gasteiger partial charge in [0.15, 0.2) is 0 Å². The van der Waals surface area contributed by atoms with Gasteiger partial charge < -0.3 is 4.57 Å². The van der Waals surface area contributed by atoms with E-state index < -0.39 is 35.0 Å². The molecular formula is C13H9F6N3O. The second-order valence-corrected chi connectivity index (χ2v) is 4.57. The average Bonchev–Trinajstić information content (AvgIpc) is 2.81. The molecule has 0 aliphatic heterocycles. The molecule has 2 aromatic rings. The van der Waals surface area contributed by atoms with Gasteiger partial charge in [0, 0.05) is 19.4 Å². The van der Waals surface area contributed by atoms with Crippen LogP contribution in [-0.2, 0) is 19.4 Å². The van der Waals surface area contributed by atoms with Gasteiger partial charge in [0.2, 0.25) is 5.95 Å². The fraction of sp³-hybridized carbons (Fsp3) is 0.231. The highest BCUT2D eigenvalue weighted by Crippen LogP contribution is 2.37. The number of aryl methyl sites for hydroxylation is 1. The molecule has 2 rings (SSSR count). The monoisotopic (exact) mass is 337 g/mol. The SMILES string of the molecule is Cn1ccnc1NC(=O)c1ccc(C(F)(F)F)cc1C(F)(F)F. The smallest absolute Gasteiger partial charge is 0.320 e. The van der Waals surface area contributed by atoms with Gasteiger partial charge in [-0.1, -0.05) is 0 Å². The summed E-state index contributed by atoms with van der Waals surface area (Å²) in [6.45, 7) is 0. The summed E-state index contributed by atoms with van der Waals surface area (Å²) in [6, 6.07) is 0.819. The van der Waals surface area contributed by atoms with E-state index in [0.29, 0.717) is 12.1 Å². The minimum atomic E-state index is -5.12. The molecular weight excluding hydrogens is 328 g/mol. The molecule has 4 nitrogen and oxygen atoms in total. The van der Waals surface area contributed by atoms with Gasteiger partial charge in [0.25, 0.3) is 5.91 Å². The van der Waals surface area contributed by atoms with E-state index in [1.54, 1.807) is 0 Å². The van der Waals surface area contributed by atoms with E-state index in [-0.39, 0.29) is 12.0 Å². The number of carbonyl (C=O) groups is 1. The molecule has 1 aromatic carbocycles. The molecule has 0 aliphatic carbocycles. The molecule has 0 radical (unpaired) electrons. The molecule has 1 aromatic heterocycles. The predicted molar refractivity (Wildman–Crippen MR) is 67.6 cm³/mol. The predicted octanol–water partition coefficient (Wildman–Crippen LogP) is 3.71. The molecule has 0 saturated heterocycles. The van der Waals surface area contributed by atoms with Crippen molar-refractivity contribution < 1.29 is 31.1 Å². The summed E-state index contributed by atoms with van der Waals surface area (Å²) in [4.78, 5) is 15.6. The summed E-state index contributed by atoms with van der Waals surface area (Å²) in [6.07, 6.45) is -7.33. The Morgan fingerprint density at radius 1 is 1.13 bits per heavy atom. The summed E-state index contributed by atoms with van der Waals surface area (Å²) < 4.78 is 77.9. The van der Waals surface area contributed by atoms with Crippen LogP contribution in [-0.4, -0.2) is 15.5 Å². The van der Waals surface area contributed by atoms with Crippen molar-refractivity contribution in [3.63, 3.8) is 0 Å². The van der Waals surface area contributed by atoms with E-state index in [9.17, 15) is 31.1 Å². The Kier molecular flexibility index (Phi) is 4.10. The third kappa shape index (κ3) is 3.63. The first-order chi connectivity index (χ1) is 10.5. The number of nitrogens with zero attached hydrogens (tertiary/aromatic N) is 2. The van der Waals surface area contributed by atoms with Crippen molar-refractivity contribution in [3.05, 3.63) is 47.3 Å². The van der Waals surface area contributed by atoms with Gasteiger partial charge in [0.1, 0.15) is 0 Å². The van der Waals surface area contributed by atoms with Crippen molar-refractivity contribution in [1.82, 2.24) is 9.55 Å². The number of benzene rings is 1. The maximum Gasteiger partial charge on any atom is 0.417 e. The Balaban J connectivity index is 2.45. The minimum absolute atomic E-state index is 0.0389. The number of alkyl halides is 6. The number of imidazole rings is 1. The Bertz CT molecular complexity index is 732. The third-order valence-corrected chi connectivity index (χ3v) is 2.94. The number of anilines is 1. The molecule has 0 atom stereocenters. The Morgan fingerprint density at radius 3 is 2.26 bits per heavy atom. The fourth-order valence-corrected chi connectivity index (χ4v) is 1.81. The molecule has 1 N–H and O–H groups in total. The van der Waals surface area contributed by atoms with Crippen LogP contribution >= 0.6 is 0 Å². The molecule has 0 unspecified atom stereocenters. The Morgan fingerprint density at radius 2 is 1.78 bits per heavy atom. The van der Waals surface area contributed by atoms with Crippen molar-refractivity contribution in [3.8, 4) is 0 Å². The van der Waals surface area contributed by atoms with Crippen LogP contribution in [0.4, 0.5) is 32.3 Å². The number of aromatic nitrogens is 2. The minimum Gasteiger partial charge on any atom is -0.320 e. The van der Waals surface area contributed by atoms with Crippen LogP contribution in [0.2, 0.25) is 0 Å². The third-order valence-electron chi connectivity index (χ3n) is 2.94. The van der Waals surface area contributed by atoms with Gasteiger partial charge in [-0.25, -0.2) is 4.98 Å². The van der Waals surface area contributed by atoms with Crippen LogP contribution < -0.4 is 5.32 Å². The summed E-state index contributed by atoms with van der Waals surface area (Å²) in [5, 5.41) is 2.11. The zero-order valence-electron chi connectivity index (χ0n) is 11.5. The number of nitrogens with one attached hydrogen (secondary N) is 1. The first-order valence-electron chi connectivity index (χ1n) is 6.07. The number of amides is 1. The van der Waals surface area contributed by atoms with Crippen LogP contribution in [0.15, 0.2) is 30.6 Å². The van der Waals surface area contributed by atoms with Crippen molar-refractivity contribution in [2.24, 2.45) is 7.05 Å². The van der Waals surface area contributed by atoms with Crippen molar-refractivity contribution in [1.29, 1.82) is 0 Å². The topological polar surface area (TPSA) is 46.9 Å². The molecule has 1 heterocycles. The molecule has 0 bridgehead atoms. The molecule has 0 saturated carbocycles. The maximum atomic E-state index is 13.0. The Hall–Kier alpha value is -2.52. The number of rotatable bonds is 2. The number of hydrogen-bond donors (Lipinski definition) is 1. The molecule has 0 fully saturated rings. The van der Waals surface area contributed by atoms with Gasteiger partial charge in [-0.05, 0) is 18.2 Å².